The summed E-state index contributed by atoms with van der Waals surface area (Å²) in [7, 11) is 0. The number of anilines is 1. The second-order valence-corrected chi connectivity index (χ2v) is 6.85. The first-order valence-electron chi connectivity index (χ1n) is 7.77. The van der Waals surface area contributed by atoms with Crippen LogP contribution in [0.1, 0.15) is 18.2 Å². The Morgan fingerprint density at radius 3 is 2.63 bits per heavy atom. The van der Waals surface area contributed by atoms with Crippen LogP contribution in [-0.2, 0) is 11.0 Å². The summed E-state index contributed by atoms with van der Waals surface area (Å²) in [6.07, 6.45) is -3.08. The molecule has 0 unspecified atom stereocenters. The second-order valence-electron chi connectivity index (χ2n) is 5.56. The van der Waals surface area contributed by atoms with Crippen molar-refractivity contribution in [3.8, 4) is 11.5 Å². The lowest BCUT2D eigenvalue weighted by atomic mass is 10.1. The van der Waals surface area contributed by atoms with Gasteiger partial charge < -0.3 is 14.2 Å². The molecule has 0 saturated heterocycles. The fraction of sp³-hybridized carbons (Fsp3) is 0.235. The molecule has 142 valence electrons. The van der Waals surface area contributed by atoms with Gasteiger partial charge in [0.05, 0.1) is 28.3 Å². The number of aromatic nitrogens is 2. The van der Waals surface area contributed by atoms with Crippen LogP contribution < -0.4 is 5.32 Å². The average Bonchev–Trinajstić information content (AvgIpc) is 3.23. The molecule has 1 N–H and O–H groups in total. The highest BCUT2D eigenvalue weighted by Gasteiger charge is 2.34. The summed E-state index contributed by atoms with van der Waals surface area (Å²) in [4.78, 5) is 12.3. The fourth-order valence-corrected chi connectivity index (χ4v) is 2.93. The molecule has 1 amide bonds. The highest BCUT2D eigenvalue weighted by molar-refractivity contribution is 8.00. The zero-order chi connectivity index (χ0) is 19.6. The zero-order valence-electron chi connectivity index (χ0n) is 14.2. The standard InChI is InChI=1S/C17H14F3N3O3S/c1-9-11(7-8-25-9)15-22-23-16(26-15)27-10(2)14(24)21-13-6-4-3-5-12(13)17(18,19)20/h3-8,10H,1-2H3,(H,21,24)/t10-/m1/s1. The Balaban J connectivity index is 1.69. The van der Waals surface area contributed by atoms with Crippen molar-refractivity contribution in [1.82, 2.24) is 10.2 Å². The van der Waals surface area contributed by atoms with Crippen molar-refractivity contribution in [2.45, 2.75) is 30.5 Å². The van der Waals surface area contributed by atoms with Crippen LogP contribution in [0.15, 0.2) is 50.7 Å². The average molecular weight is 397 g/mol. The number of halogens is 3. The minimum atomic E-state index is -4.57. The highest BCUT2D eigenvalue weighted by atomic mass is 32.2. The number of benzene rings is 1. The van der Waals surface area contributed by atoms with E-state index >= 15 is 0 Å². The lowest BCUT2D eigenvalue weighted by Crippen LogP contribution is -2.24. The van der Waals surface area contributed by atoms with Gasteiger partial charge in [-0.2, -0.15) is 13.2 Å². The molecule has 0 aliphatic carbocycles. The Morgan fingerprint density at radius 1 is 1.22 bits per heavy atom. The molecule has 6 nitrogen and oxygen atoms in total. The summed E-state index contributed by atoms with van der Waals surface area (Å²) in [5.74, 6) is 0.222. The van der Waals surface area contributed by atoms with Gasteiger partial charge in [-0.1, -0.05) is 23.9 Å². The summed E-state index contributed by atoms with van der Waals surface area (Å²) in [5, 5.41) is 9.39. The van der Waals surface area contributed by atoms with E-state index in [0.717, 1.165) is 17.8 Å². The minimum Gasteiger partial charge on any atom is -0.469 e. The number of hydrogen-bond acceptors (Lipinski definition) is 6. The number of thioether (sulfide) groups is 1. The molecule has 1 atom stereocenters. The maximum atomic E-state index is 13.0. The van der Waals surface area contributed by atoms with E-state index in [0.29, 0.717) is 11.3 Å². The van der Waals surface area contributed by atoms with Crippen molar-refractivity contribution >= 4 is 23.4 Å². The first kappa shape index (κ1) is 19.0. The Kier molecular flexibility index (Phi) is 5.26. The van der Waals surface area contributed by atoms with Crippen molar-refractivity contribution in [2.24, 2.45) is 0 Å². The minimum absolute atomic E-state index is 0.123. The number of carbonyl (C=O) groups is 1. The van der Waals surface area contributed by atoms with E-state index in [1.54, 1.807) is 13.0 Å². The Bertz CT molecular complexity index is 952. The first-order valence-corrected chi connectivity index (χ1v) is 8.65. The van der Waals surface area contributed by atoms with Gasteiger partial charge in [0.2, 0.25) is 5.91 Å². The van der Waals surface area contributed by atoms with Gasteiger partial charge in [-0.3, -0.25) is 4.79 Å². The predicted molar refractivity (Wildman–Crippen MR) is 92.1 cm³/mol. The summed E-state index contributed by atoms with van der Waals surface area (Å²) in [5.41, 5.74) is -0.584. The van der Waals surface area contributed by atoms with Gasteiger partial charge in [-0.25, -0.2) is 0 Å². The van der Waals surface area contributed by atoms with Gasteiger partial charge >= 0.3 is 6.18 Å². The molecule has 3 rings (SSSR count). The molecule has 0 radical (unpaired) electrons. The molecule has 0 spiro atoms. The summed E-state index contributed by atoms with van der Waals surface area (Å²) in [6.45, 7) is 3.27. The molecular weight excluding hydrogens is 383 g/mol. The molecular formula is C17H14F3N3O3S. The topological polar surface area (TPSA) is 81.2 Å². The van der Waals surface area contributed by atoms with E-state index in [9.17, 15) is 18.0 Å². The predicted octanol–water partition coefficient (Wildman–Crippen LogP) is 4.78. The van der Waals surface area contributed by atoms with Gasteiger partial charge in [-0.05, 0) is 32.0 Å². The van der Waals surface area contributed by atoms with Crippen molar-refractivity contribution in [3.63, 3.8) is 0 Å². The zero-order valence-corrected chi connectivity index (χ0v) is 15.0. The van der Waals surface area contributed by atoms with E-state index in [2.05, 4.69) is 15.5 Å². The molecule has 0 aliphatic rings. The molecule has 2 heterocycles. The van der Waals surface area contributed by atoms with Crippen LogP contribution >= 0.6 is 11.8 Å². The fourth-order valence-electron chi connectivity index (χ4n) is 2.25. The third-order valence-electron chi connectivity index (χ3n) is 3.63. The third kappa shape index (κ3) is 4.33. The van der Waals surface area contributed by atoms with Crippen molar-refractivity contribution in [2.75, 3.05) is 5.32 Å². The molecule has 2 aromatic heterocycles. The number of carbonyl (C=O) groups excluding carboxylic acids is 1. The molecule has 10 heteroatoms. The molecule has 0 bridgehead atoms. The van der Waals surface area contributed by atoms with Crippen LogP contribution in [0, 0.1) is 6.92 Å². The number of hydrogen-bond donors (Lipinski definition) is 1. The van der Waals surface area contributed by atoms with Crippen molar-refractivity contribution in [3.05, 3.63) is 47.9 Å². The quantitative estimate of drug-likeness (QED) is 0.624. The number of alkyl halides is 3. The van der Waals surface area contributed by atoms with Crippen LogP contribution in [0.3, 0.4) is 0 Å². The van der Waals surface area contributed by atoms with Crippen LogP contribution in [0.4, 0.5) is 18.9 Å². The number of amides is 1. The normalized spacial score (nSPS) is 12.8. The smallest absolute Gasteiger partial charge is 0.418 e. The maximum absolute atomic E-state index is 13.0. The monoisotopic (exact) mass is 397 g/mol. The molecule has 0 saturated carbocycles. The van der Waals surface area contributed by atoms with E-state index in [-0.39, 0.29) is 16.8 Å². The van der Waals surface area contributed by atoms with Crippen LogP contribution in [0.2, 0.25) is 0 Å². The van der Waals surface area contributed by atoms with Crippen LogP contribution in [0.5, 0.6) is 0 Å². The van der Waals surface area contributed by atoms with Gasteiger partial charge in [-0.15, -0.1) is 10.2 Å². The van der Waals surface area contributed by atoms with Crippen LogP contribution in [-0.4, -0.2) is 21.4 Å². The van der Waals surface area contributed by atoms with Crippen molar-refractivity contribution in [1.29, 1.82) is 0 Å². The molecule has 1 aromatic carbocycles. The highest BCUT2D eigenvalue weighted by Crippen LogP contribution is 2.35. The SMILES string of the molecule is Cc1occc1-c1nnc(S[C@H](C)C(=O)Nc2ccccc2C(F)(F)F)o1. The first-order chi connectivity index (χ1) is 12.8. The van der Waals surface area contributed by atoms with Gasteiger partial charge in [0.1, 0.15) is 5.76 Å². The molecule has 0 fully saturated rings. The number of rotatable bonds is 5. The number of nitrogens with one attached hydrogen (secondary N) is 1. The summed E-state index contributed by atoms with van der Waals surface area (Å²) < 4.78 is 49.7. The van der Waals surface area contributed by atoms with Crippen molar-refractivity contribution < 1.29 is 26.8 Å². The molecule has 0 aliphatic heterocycles. The van der Waals surface area contributed by atoms with Gasteiger partial charge in [0.15, 0.2) is 0 Å². The van der Waals surface area contributed by atoms with E-state index in [1.165, 1.54) is 31.4 Å². The lowest BCUT2D eigenvalue weighted by molar-refractivity contribution is -0.137. The molecule has 27 heavy (non-hydrogen) atoms. The van der Waals surface area contributed by atoms with Crippen LogP contribution in [0.25, 0.3) is 11.5 Å². The Morgan fingerprint density at radius 2 is 1.96 bits per heavy atom. The second kappa shape index (κ2) is 7.47. The number of para-hydroxylation sites is 1. The van der Waals surface area contributed by atoms with E-state index < -0.39 is 22.9 Å². The maximum Gasteiger partial charge on any atom is 0.418 e. The third-order valence-corrected chi connectivity index (χ3v) is 4.57. The number of furan rings is 1. The van der Waals surface area contributed by atoms with Gasteiger partial charge in [0.25, 0.3) is 11.1 Å². The lowest BCUT2D eigenvalue weighted by Gasteiger charge is -2.15. The largest absolute Gasteiger partial charge is 0.469 e. The Hall–Kier alpha value is -2.75. The van der Waals surface area contributed by atoms with E-state index in [4.69, 9.17) is 8.83 Å². The van der Waals surface area contributed by atoms with Gasteiger partial charge in [0, 0.05) is 0 Å². The molecule has 3 aromatic rings. The summed E-state index contributed by atoms with van der Waals surface area (Å²) in [6, 6.07) is 6.45. The number of nitrogens with zero attached hydrogens (tertiary/aromatic N) is 2. The van der Waals surface area contributed by atoms with E-state index in [1.807, 2.05) is 0 Å². The Labute approximate surface area is 156 Å². The summed E-state index contributed by atoms with van der Waals surface area (Å²) >= 11 is 0.944. The number of aryl methyl sites for hydroxylation is 1.